The number of nitrogens with zero attached hydrogens (tertiary/aromatic N) is 3. The minimum absolute atomic E-state index is 0.0920. The van der Waals surface area contributed by atoms with Gasteiger partial charge in [-0.25, -0.2) is 14.4 Å². The molecule has 0 bridgehead atoms. The second-order valence-corrected chi connectivity index (χ2v) is 9.75. The van der Waals surface area contributed by atoms with Crippen molar-refractivity contribution in [3.8, 4) is 5.88 Å². The predicted octanol–water partition coefficient (Wildman–Crippen LogP) is 2.47. The number of fused-ring (bicyclic) bond motifs is 2. The van der Waals surface area contributed by atoms with Crippen LogP contribution in [-0.4, -0.2) is 56.9 Å². The Balaban J connectivity index is 1.20. The van der Waals surface area contributed by atoms with Crippen molar-refractivity contribution in [2.24, 2.45) is 5.92 Å². The van der Waals surface area contributed by atoms with Gasteiger partial charge in [0.1, 0.15) is 17.2 Å². The molecule has 0 saturated heterocycles. The molecule has 0 aromatic carbocycles. The van der Waals surface area contributed by atoms with Crippen molar-refractivity contribution in [2.75, 3.05) is 23.5 Å². The van der Waals surface area contributed by atoms with Gasteiger partial charge in [0.05, 0.1) is 40.8 Å². The highest BCUT2D eigenvalue weighted by Gasteiger charge is 2.33. The number of methoxy groups -OCH3 is 1. The quantitative estimate of drug-likeness (QED) is 0.392. The monoisotopic (exact) mass is 512 g/mol. The maximum absolute atomic E-state index is 14.5. The van der Waals surface area contributed by atoms with Crippen LogP contribution in [0.4, 0.5) is 15.9 Å². The van der Waals surface area contributed by atoms with E-state index in [1.165, 1.54) is 24.9 Å². The van der Waals surface area contributed by atoms with Crippen LogP contribution in [0.3, 0.4) is 0 Å². The number of carbonyl (C=O) groups excluding carboxylic acids is 2. The van der Waals surface area contributed by atoms with E-state index in [4.69, 9.17) is 4.74 Å². The number of hydrogen-bond donors (Lipinski definition) is 4. The standard InChI is InChI=1S/C24H25FN6O4S/c1-35-21-5-4-15-22(31-21)16(6-7-26-15)29-24(34)12-2-3-14(18(32)8-12)27-10-17-13(25)9-19-23(28-17)30-20(33)11-36-19/h4-7,9,12,14,18,27,32H,2-3,8,10-11H2,1H3,(H,26,29,34)(H,28,30,33)/t12-,14-,18-/m0/s1. The largest absolute Gasteiger partial charge is 0.481 e. The number of carbonyl (C=O) groups is 2. The Morgan fingerprint density at radius 3 is 2.97 bits per heavy atom. The van der Waals surface area contributed by atoms with Gasteiger partial charge in [-0.05, 0) is 37.5 Å². The van der Waals surface area contributed by atoms with E-state index in [1.807, 2.05) is 0 Å². The Kier molecular flexibility index (Phi) is 6.99. The first-order chi connectivity index (χ1) is 17.4. The molecule has 1 fully saturated rings. The average Bonchev–Trinajstić information content (AvgIpc) is 2.88. The summed E-state index contributed by atoms with van der Waals surface area (Å²) in [6.45, 7) is 0.0920. The lowest BCUT2D eigenvalue weighted by Crippen LogP contribution is -2.46. The Morgan fingerprint density at radius 2 is 2.17 bits per heavy atom. The third-order valence-electron chi connectivity index (χ3n) is 6.37. The summed E-state index contributed by atoms with van der Waals surface area (Å²) >= 11 is 1.25. The van der Waals surface area contributed by atoms with Gasteiger partial charge in [-0.1, -0.05) is 0 Å². The smallest absolute Gasteiger partial charge is 0.235 e. The summed E-state index contributed by atoms with van der Waals surface area (Å²) in [5.74, 6) is -0.242. The first kappa shape index (κ1) is 24.3. The van der Waals surface area contributed by atoms with E-state index in [-0.39, 0.29) is 42.3 Å². The molecule has 3 aromatic heterocycles. The van der Waals surface area contributed by atoms with Crippen LogP contribution in [0.5, 0.6) is 5.88 Å². The molecular formula is C24H25FN6O4S. The molecule has 0 unspecified atom stereocenters. The Labute approximate surface area is 210 Å². The molecule has 2 aliphatic rings. The van der Waals surface area contributed by atoms with Gasteiger partial charge < -0.3 is 25.8 Å². The summed E-state index contributed by atoms with van der Waals surface area (Å²) in [6, 6.07) is 6.20. The molecule has 5 rings (SSSR count). The third-order valence-corrected chi connectivity index (χ3v) is 7.40. The summed E-state index contributed by atoms with van der Waals surface area (Å²) < 4.78 is 19.7. The lowest BCUT2D eigenvalue weighted by atomic mass is 9.83. The molecule has 0 radical (unpaired) electrons. The van der Waals surface area contributed by atoms with E-state index in [1.54, 1.807) is 24.4 Å². The van der Waals surface area contributed by atoms with Crippen molar-refractivity contribution < 1.29 is 23.8 Å². The highest BCUT2D eigenvalue weighted by Crippen LogP contribution is 2.32. The molecule has 4 N–H and O–H groups in total. The number of hydrogen-bond acceptors (Lipinski definition) is 9. The molecule has 1 aliphatic carbocycles. The van der Waals surface area contributed by atoms with Crippen LogP contribution in [0.1, 0.15) is 25.0 Å². The highest BCUT2D eigenvalue weighted by molar-refractivity contribution is 8.00. The van der Waals surface area contributed by atoms with Crippen LogP contribution in [0, 0.1) is 11.7 Å². The molecule has 3 aromatic rings. The highest BCUT2D eigenvalue weighted by atomic mass is 32.2. The van der Waals surface area contributed by atoms with Gasteiger partial charge in [0.25, 0.3) is 0 Å². The molecule has 12 heteroatoms. The zero-order chi connectivity index (χ0) is 25.2. The molecular weight excluding hydrogens is 487 g/mol. The number of aromatic nitrogens is 3. The van der Waals surface area contributed by atoms with Crippen molar-refractivity contribution in [1.82, 2.24) is 20.3 Å². The number of rotatable bonds is 6. The maximum Gasteiger partial charge on any atom is 0.235 e. The van der Waals surface area contributed by atoms with Crippen molar-refractivity contribution in [1.29, 1.82) is 0 Å². The van der Waals surface area contributed by atoms with E-state index < -0.39 is 17.8 Å². The Bertz CT molecular complexity index is 1330. The molecule has 10 nitrogen and oxygen atoms in total. The van der Waals surface area contributed by atoms with Gasteiger partial charge in [0.2, 0.25) is 17.7 Å². The van der Waals surface area contributed by atoms with Crippen LogP contribution in [-0.2, 0) is 16.1 Å². The molecule has 2 amide bonds. The lowest BCUT2D eigenvalue weighted by Gasteiger charge is -2.33. The van der Waals surface area contributed by atoms with Crippen molar-refractivity contribution in [3.63, 3.8) is 0 Å². The van der Waals surface area contributed by atoms with Gasteiger partial charge >= 0.3 is 0 Å². The number of thioether (sulfide) groups is 1. The van der Waals surface area contributed by atoms with E-state index in [2.05, 4.69) is 30.9 Å². The molecule has 4 heterocycles. The number of nitrogens with one attached hydrogen (secondary N) is 3. The summed E-state index contributed by atoms with van der Waals surface area (Å²) in [5, 5.41) is 19.4. The number of ether oxygens (including phenoxy) is 1. The predicted molar refractivity (Wildman–Crippen MR) is 132 cm³/mol. The van der Waals surface area contributed by atoms with Gasteiger partial charge in [-0.15, -0.1) is 11.8 Å². The van der Waals surface area contributed by atoms with Crippen LogP contribution < -0.4 is 20.7 Å². The van der Waals surface area contributed by atoms with Crippen molar-refractivity contribution in [2.45, 2.75) is 42.8 Å². The van der Waals surface area contributed by atoms with E-state index in [9.17, 15) is 19.1 Å². The van der Waals surface area contributed by atoms with Gasteiger partial charge in [-0.2, -0.15) is 0 Å². The Morgan fingerprint density at radius 1 is 1.31 bits per heavy atom. The minimum atomic E-state index is -0.794. The molecule has 3 atom stereocenters. The van der Waals surface area contributed by atoms with E-state index in [0.717, 1.165) is 0 Å². The normalized spacial score (nSPS) is 21.5. The number of amides is 2. The van der Waals surface area contributed by atoms with Crippen molar-refractivity contribution in [3.05, 3.63) is 42.0 Å². The molecule has 36 heavy (non-hydrogen) atoms. The first-order valence-electron chi connectivity index (χ1n) is 11.6. The van der Waals surface area contributed by atoms with E-state index >= 15 is 0 Å². The fourth-order valence-electron chi connectivity index (χ4n) is 4.45. The third kappa shape index (κ3) is 5.11. The molecule has 0 spiro atoms. The van der Waals surface area contributed by atoms with Crippen LogP contribution in [0.2, 0.25) is 0 Å². The number of aliphatic hydroxyl groups is 1. The zero-order valence-electron chi connectivity index (χ0n) is 19.5. The molecule has 1 aliphatic heterocycles. The topological polar surface area (TPSA) is 138 Å². The molecule has 188 valence electrons. The summed E-state index contributed by atoms with van der Waals surface area (Å²) in [7, 11) is 1.52. The fourth-order valence-corrected chi connectivity index (χ4v) is 5.23. The fraction of sp³-hybridized carbons (Fsp3) is 0.375. The number of halogens is 1. The SMILES string of the molecule is COc1ccc2nccc(NC(=O)[C@H]3CC[C@H](NCc4nc5c(cc4F)SCC(=O)N5)[C@@H](O)C3)c2n1. The number of pyridine rings is 3. The van der Waals surface area contributed by atoms with Gasteiger partial charge in [-0.3, -0.25) is 14.6 Å². The lowest BCUT2D eigenvalue weighted by molar-refractivity contribution is -0.122. The Hall–Kier alpha value is -3.35. The number of anilines is 2. The first-order valence-corrected chi connectivity index (χ1v) is 12.5. The number of aliphatic hydroxyl groups excluding tert-OH is 1. The molecule has 1 saturated carbocycles. The van der Waals surface area contributed by atoms with Crippen molar-refractivity contribution >= 4 is 46.1 Å². The summed E-state index contributed by atoms with van der Waals surface area (Å²) in [4.78, 5) is 38.1. The average molecular weight is 513 g/mol. The second-order valence-electron chi connectivity index (χ2n) is 8.73. The second kappa shape index (κ2) is 10.3. The van der Waals surface area contributed by atoms with Gasteiger partial charge in [0.15, 0.2) is 0 Å². The summed E-state index contributed by atoms with van der Waals surface area (Å²) in [6.07, 6.45) is 2.14. The van der Waals surface area contributed by atoms with Crippen LogP contribution in [0.15, 0.2) is 35.4 Å². The van der Waals surface area contributed by atoms with Gasteiger partial charge in [0, 0.05) is 30.8 Å². The van der Waals surface area contributed by atoms with E-state index in [0.29, 0.717) is 46.2 Å². The van der Waals surface area contributed by atoms with Crippen LogP contribution in [0.25, 0.3) is 11.0 Å². The maximum atomic E-state index is 14.5. The van der Waals surface area contributed by atoms with Crippen LogP contribution >= 0.6 is 11.8 Å². The zero-order valence-corrected chi connectivity index (χ0v) is 20.3. The summed E-state index contributed by atoms with van der Waals surface area (Å²) in [5.41, 5.74) is 1.84. The minimum Gasteiger partial charge on any atom is -0.481 e.